The van der Waals surface area contributed by atoms with E-state index in [1.165, 1.54) is 33.4 Å². The second-order valence-electron chi connectivity index (χ2n) is 7.25. The first-order valence-corrected chi connectivity index (χ1v) is 9.59. The molecule has 1 unspecified atom stereocenters. The quantitative estimate of drug-likeness (QED) is 0.575. The van der Waals surface area contributed by atoms with E-state index in [0.29, 0.717) is 6.04 Å². The summed E-state index contributed by atoms with van der Waals surface area (Å²) in [5.74, 6) is 0.894. The van der Waals surface area contributed by atoms with Crippen LogP contribution in [0.3, 0.4) is 0 Å². The minimum Gasteiger partial charge on any atom is -0.357 e. The molecule has 4 aromatic rings. The Morgan fingerprint density at radius 2 is 2.07 bits per heavy atom. The van der Waals surface area contributed by atoms with Crippen LogP contribution in [0.5, 0.6) is 0 Å². The number of aromatic amines is 1. The second kappa shape index (κ2) is 6.67. The number of aryl methyl sites for hydroxylation is 1. The van der Waals surface area contributed by atoms with Crippen LogP contribution in [0, 0.1) is 6.92 Å². The van der Waals surface area contributed by atoms with Gasteiger partial charge in [0.1, 0.15) is 0 Å². The molecule has 3 heterocycles. The van der Waals surface area contributed by atoms with Crippen molar-refractivity contribution in [2.24, 2.45) is 0 Å². The van der Waals surface area contributed by atoms with Gasteiger partial charge in [0.15, 0.2) is 5.82 Å². The van der Waals surface area contributed by atoms with E-state index >= 15 is 0 Å². The first-order chi connectivity index (χ1) is 13.3. The van der Waals surface area contributed by atoms with Crippen LogP contribution < -0.4 is 5.32 Å². The number of nitrogens with one attached hydrogen (secondary N) is 2. The molecule has 0 saturated heterocycles. The zero-order valence-electron chi connectivity index (χ0n) is 15.4. The molecule has 2 N–H and O–H groups in total. The Morgan fingerprint density at radius 3 is 2.93 bits per heavy atom. The SMILES string of the molecule is Cc1c(CNC2CCCc3c2cnn3-c2ccccn2)[nH]c2ccccc12. The molecule has 5 rings (SSSR count). The molecule has 5 nitrogen and oxygen atoms in total. The Morgan fingerprint density at radius 1 is 1.19 bits per heavy atom. The molecule has 0 bridgehead atoms. The topological polar surface area (TPSA) is 58.5 Å². The number of aromatic nitrogens is 4. The monoisotopic (exact) mass is 357 g/mol. The maximum Gasteiger partial charge on any atom is 0.153 e. The predicted octanol–water partition coefficient (Wildman–Crippen LogP) is 4.22. The summed E-state index contributed by atoms with van der Waals surface area (Å²) < 4.78 is 2.00. The van der Waals surface area contributed by atoms with Gasteiger partial charge in [0.2, 0.25) is 0 Å². The van der Waals surface area contributed by atoms with Crippen molar-refractivity contribution in [3.05, 3.63) is 77.4 Å². The molecule has 0 radical (unpaired) electrons. The van der Waals surface area contributed by atoms with Crippen LogP contribution in [0.1, 0.15) is 41.4 Å². The maximum absolute atomic E-state index is 4.63. The van der Waals surface area contributed by atoms with Gasteiger partial charge in [-0.1, -0.05) is 24.3 Å². The van der Waals surface area contributed by atoms with E-state index in [1.807, 2.05) is 35.3 Å². The molecule has 0 spiro atoms. The highest BCUT2D eigenvalue weighted by atomic mass is 15.3. The molecule has 1 atom stereocenters. The molecule has 27 heavy (non-hydrogen) atoms. The summed E-state index contributed by atoms with van der Waals surface area (Å²) in [5, 5.41) is 9.69. The van der Waals surface area contributed by atoms with Crippen LogP contribution >= 0.6 is 0 Å². The summed E-state index contributed by atoms with van der Waals surface area (Å²) in [7, 11) is 0. The van der Waals surface area contributed by atoms with Gasteiger partial charge in [-0.3, -0.25) is 0 Å². The Balaban J connectivity index is 1.40. The predicted molar refractivity (Wildman–Crippen MR) is 107 cm³/mol. The number of benzene rings is 1. The van der Waals surface area contributed by atoms with Gasteiger partial charge in [-0.15, -0.1) is 0 Å². The summed E-state index contributed by atoms with van der Waals surface area (Å²) in [6.07, 6.45) is 7.18. The molecule has 0 fully saturated rings. The molecule has 1 aliphatic rings. The lowest BCUT2D eigenvalue weighted by atomic mass is 9.93. The Hall–Kier alpha value is -2.92. The molecule has 136 valence electrons. The van der Waals surface area contributed by atoms with Crippen LogP contribution in [0.4, 0.5) is 0 Å². The average Bonchev–Trinajstić information content (AvgIpc) is 3.29. The van der Waals surface area contributed by atoms with Gasteiger partial charge in [0.25, 0.3) is 0 Å². The highest BCUT2D eigenvalue weighted by Crippen LogP contribution is 2.31. The second-order valence-corrected chi connectivity index (χ2v) is 7.25. The zero-order chi connectivity index (χ0) is 18.2. The Bertz CT molecular complexity index is 1080. The normalized spacial score (nSPS) is 16.6. The number of nitrogens with zero attached hydrogens (tertiary/aromatic N) is 3. The summed E-state index contributed by atoms with van der Waals surface area (Å²) >= 11 is 0. The zero-order valence-corrected chi connectivity index (χ0v) is 15.4. The number of H-pyrrole nitrogens is 1. The number of pyridine rings is 1. The smallest absolute Gasteiger partial charge is 0.153 e. The van der Waals surface area contributed by atoms with Crippen molar-refractivity contribution in [1.82, 2.24) is 25.1 Å². The Kier molecular flexibility index (Phi) is 4.02. The highest BCUT2D eigenvalue weighted by molar-refractivity contribution is 5.84. The van der Waals surface area contributed by atoms with Crippen molar-refractivity contribution in [1.29, 1.82) is 0 Å². The standard InChI is InChI=1S/C22H23N5/c1-15-16-7-2-3-8-19(16)26-20(15)14-24-18-9-6-10-21-17(18)13-25-27(21)22-11-4-5-12-23-22/h2-5,7-8,11-13,18,24,26H,6,9-10,14H2,1H3. The molecule has 5 heteroatoms. The fraction of sp³-hybridized carbons (Fsp3) is 0.273. The third kappa shape index (κ3) is 2.84. The van der Waals surface area contributed by atoms with Crippen molar-refractivity contribution >= 4 is 10.9 Å². The summed E-state index contributed by atoms with van der Waals surface area (Å²) in [4.78, 5) is 8.02. The van der Waals surface area contributed by atoms with E-state index < -0.39 is 0 Å². The molecule has 3 aromatic heterocycles. The lowest BCUT2D eigenvalue weighted by molar-refractivity contribution is 0.452. The van der Waals surface area contributed by atoms with Crippen LogP contribution in [0.2, 0.25) is 0 Å². The number of hydrogen-bond acceptors (Lipinski definition) is 3. The number of hydrogen-bond donors (Lipinski definition) is 2. The van der Waals surface area contributed by atoms with Crippen molar-refractivity contribution in [3.63, 3.8) is 0 Å². The molecular weight excluding hydrogens is 334 g/mol. The molecule has 1 aromatic carbocycles. The number of para-hydroxylation sites is 1. The van der Waals surface area contributed by atoms with Crippen molar-refractivity contribution in [2.45, 2.75) is 38.8 Å². The van der Waals surface area contributed by atoms with E-state index in [9.17, 15) is 0 Å². The maximum atomic E-state index is 4.63. The molecular formula is C22H23N5. The Labute approximate surface area is 158 Å². The van der Waals surface area contributed by atoms with Crippen LogP contribution in [-0.2, 0) is 13.0 Å². The molecule has 0 amide bonds. The lowest BCUT2D eigenvalue weighted by Crippen LogP contribution is -2.25. The van der Waals surface area contributed by atoms with Crippen molar-refractivity contribution in [3.8, 4) is 5.82 Å². The van der Waals surface area contributed by atoms with Gasteiger partial charge in [0.05, 0.1) is 11.9 Å². The van der Waals surface area contributed by atoms with E-state index in [4.69, 9.17) is 0 Å². The average molecular weight is 357 g/mol. The fourth-order valence-corrected chi connectivity index (χ4v) is 4.19. The molecule has 0 saturated carbocycles. The minimum absolute atomic E-state index is 0.331. The van der Waals surface area contributed by atoms with Gasteiger partial charge >= 0.3 is 0 Å². The highest BCUT2D eigenvalue weighted by Gasteiger charge is 2.25. The number of rotatable bonds is 4. The minimum atomic E-state index is 0.331. The lowest BCUT2D eigenvalue weighted by Gasteiger charge is -2.24. The van der Waals surface area contributed by atoms with E-state index in [0.717, 1.165) is 31.6 Å². The summed E-state index contributed by atoms with van der Waals surface area (Å²) in [6, 6.07) is 14.8. The fourth-order valence-electron chi connectivity index (χ4n) is 4.19. The first-order valence-electron chi connectivity index (χ1n) is 9.59. The molecule has 1 aliphatic carbocycles. The van der Waals surface area contributed by atoms with Crippen LogP contribution in [-0.4, -0.2) is 19.7 Å². The number of fused-ring (bicyclic) bond motifs is 2. The molecule has 0 aliphatic heterocycles. The third-order valence-corrected chi connectivity index (χ3v) is 5.64. The van der Waals surface area contributed by atoms with Gasteiger partial charge < -0.3 is 10.3 Å². The largest absolute Gasteiger partial charge is 0.357 e. The van der Waals surface area contributed by atoms with E-state index in [-0.39, 0.29) is 0 Å². The van der Waals surface area contributed by atoms with E-state index in [1.54, 1.807) is 0 Å². The van der Waals surface area contributed by atoms with Crippen molar-refractivity contribution < 1.29 is 0 Å². The summed E-state index contributed by atoms with van der Waals surface area (Å²) in [5.41, 5.74) is 6.39. The summed E-state index contributed by atoms with van der Waals surface area (Å²) in [6.45, 7) is 3.03. The van der Waals surface area contributed by atoms with Gasteiger partial charge in [-0.05, 0) is 49.9 Å². The van der Waals surface area contributed by atoms with Gasteiger partial charge in [-0.2, -0.15) is 5.10 Å². The van der Waals surface area contributed by atoms with Crippen LogP contribution in [0.15, 0.2) is 54.9 Å². The van der Waals surface area contributed by atoms with Crippen molar-refractivity contribution in [2.75, 3.05) is 0 Å². The van der Waals surface area contributed by atoms with E-state index in [2.05, 4.69) is 51.6 Å². The third-order valence-electron chi connectivity index (χ3n) is 5.64. The first kappa shape index (κ1) is 16.3. The van der Waals surface area contributed by atoms with Gasteiger partial charge in [0, 0.05) is 40.9 Å². The van der Waals surface area contributed by atoms with Crippen LogP contribution in [0.25, 0.3) is 16.7 Å². The van der Waals surface area contributed by atoms with Gasteiger partial charge in [-0.25, -0.2) is 9.67 Å².